The maximum Gasteiger partial charge on any atom is 0.273 e. The topological polar surface area (TPSA) is 71.5 Å². The summed E-state index contributed by atoms with van der Waals surface area (Å²) in [5.41, 5.74) is 4.93. The first-order valence-corrected chi connectivity index (χ1v) is 12.3. The molecule has 33 heavy (non-hydrogen) atoms. The van der Waals surface area contributed by atoms with Crippen LogP contribution in [0.2, 0.25) is 0 Å². The summed E-state index contributed by atoms with van der Waals surface area (Å²) < 4.78 is 5.33. The number of nitrogens with zero attached hydrogens (tertiary/aromatic N) is 2. The highest BCUT2D eigenvalue weighted by atomic mass is 32.1. The number of fused-ring (bicyclic) bond motifs is 1. The summed E-state index contributed by atoms with van der Waals surface area (Å²) in [5, 5.41) is 5.25. The van der Waals surface area contributed by atoms with Crippen molar-refractivity contribution in [2.75, 3.05) is 31.6 Å². The summed E-state index contributed by atoms with van der Waals surface area (Å²) in [7, 11) is 0. The zero-order valence-electron chi connectivity index (χ0n) is 18.4. The number of rotatable bonds is 3. The fourth-order valence-corrected chi connectivity index (χ4v) is 6.47. The van der Waals surface area contributed by atoms with Crippen LogP contribution in [0.15, 0.2) is 53.9 Å². The number of hydrogen-bond donors (Lipinski definition) is 1. The van der Waals surface area contributed by atoms with Gasteiger partial charge in [-0.25, -0.2) is 4.98 Å². The molecule has 1 aliphatic heterocycles. The molecule has 7 rings (SSSR count). The first-order valence-electron chi connectivity index (χ1n) is 11.4. The van der Waals surface area contributed by atoms with Crippen LogP contribution in [0.25, 0.3) is 0 Å². The fraction of sp³-hybridized carbons (Fsp3) is 0.346. The van der Waals surface area contributed by atoms with Gasteiger partial charge in [0.1, 0.15) is 5.69 Å². The minimum atomic E-state index is -0.604. The second kappa shape index (κ2) is 7.78. The van der Waals surface area contributed by atoms with E-state index in [1.165, 1.54) is 33.6 Å². The Morgan fingerprint density at radius 1 is 1.03 bits per heavy atom. The van der Waals surface area contributed by atoms with E-state index < -0.39 is 5.41 Å². The van der Waals surface area contributed by atoms with Crippen molar-refractivity contribution in [1.29, 1.82) is 0 Å². The zero-order chi connectivity index (χ0) is 22.6. The Morgan fingerprint density at radius 2 is 1.64 bits per heavy atom. The highest BCUT2D eigenvalue weighted by molar-refractivity contribution is 7.14. The smallest absolute Gasteiger partial charge is 0.273 e. The van der Waals surface area contributed by atoms with Crippen LogP contribution < -0.4 is 5.32 Å². The van der Waals surface area contributed by atoms with E-state index in [4.69, 9.17) is 4.74 Å². The van der Waals surface area contributed by atoms with E-state index in [0.717, 1.165) is 6.42 Å². The van der Waals surface area contributed by atoms with Crippen molar-refractivity contribution in [2.24, 2.45) is 5.41 Å². The summed E-state index contributed by atoms with van der Waals surface area (Å²) in [4.78, 5) is 32.7. The molecular formula is C26H25N3O3S. The van der Waals surface area contributed by atoms with Crippen LogP contribution in [0.4, 0.5) is 5.13 Å². The molecule has 1 atom stereocenters. The molecule has 0 radical (unpaired) electrons. The van der Waals surface area contributed by atoms with Gasteiger partial charge in [-0.2, -0.15) is 0 Å². The molecule has 1 aromatic heterocycles. The predicted molar refractivity (Wildman–Crippen MR) is 127 cm³/mol. The van der Waals surface area contributed by atoms with Gasteiger partial charge in [-0.15, -0.1) is 11.3 Å². The fourth-order valence-electron chi connectivity index (χ4n) is 5.79. The van der Waals surface area contributed by atoms with E-state index in [9.17, 15) is 9.59 Å². The van der Waals surface area contributed by atoms with Crippen LogP contribution in [0.5, 0.6) is 0 Å². The molecular weight excluding hydrogens is 434 g/mol. The Balaban J connectivity index is 1.29. The second-order valence-electron chi connectivity index (χ2n) is 9.26. The van der Waals surface area contributed by atoms with Crippen LogP contribution >= 0.6 is 11.3 Å². The molecule has 4 aliphatic rings. The van der Waals surface area contributed by atoms with Gasteiger partial charge in [0.2, 0.25) is 5.91 Å². The van der Waals surface area contributed by atoms with Gasteiger partial charge in [0.15, 0.2) is 5.13 Å². The highest BCUT2D eigenvalue weighted by Crippen LogP contribution is 2.61. The molecule has 3 aliphatic carbocycles. The molecule has 7 heteroatoms. The number of nitrogens with one attached hydrogen (secondary N) is 1. The maximum atomic E-state index is 13.7. The number of carbonyl (C=O) groups is 2. The van der Waals surface area contributed by atoms with Crippen molar-refractivity contribution in [1.82, 2.24) is 9.88 Å². The Kier molecular flexibility index (Phi) is 4.85. The van der Waals surface area contributed by atoms with E-state index in [1.54, 1.807) is 10.3 Å². The average Bonchev–Trinajstić information content (AvgIpc) is 3.32. The Bertz CT molecular complexity index is 1200. The number of thiazole rings is 1. The maximum absolute atomic E-state index is 13.7. The molecule has 3 aromatic rings. The van der Waals surface area contributed by atoms with Gasteiger partial charge < -0.3 is 15.0 Å². The van der Waals surface area contributed by atoms with Crippen LogP contribution in [0, 0.1) is 5.41 Å². The molecule has 1 N–H and O–H groups in total. The summed E-state index contributed by atoms with van der Waals surface area (Å²) in [6.07, 6.45) is 0.752. The van der Waals surface area contributed by atoms with E-state index >= 15 is 0 Å². The lowest BCUT2D eigenvalue weighted by Crippen LogP contribution is -2.47. The van der Waals surface area contributed by atoms with Gasteiger partial charge in [-0.05, 0) is 35.6 Å². The Morgan fingerprint density at radius 3 is 2.27 bits per heavy atom. The third kappa shape index (κ3) is 3.21. The molecule has 2 aromatic carbocycles. The predicted octanol–water partition coefficient (Wildman–Crippen LogP) is 4.24. The number of ether oxygens (including phenoxy) is 1. The number of anilines is 1. The Hall–Kier alpha value is -3.03. The van der Waals surface area contributed by atoms with Gasteiger partial charge in [-0.1, -0.05) is 48.5 Å². The van der Waals surface area contributed by atoms with Crippen LogP contribution in [-0.4, -0.2) is 48.0 Å². The highest BCUT2D eigenvalue weighted by Gasteiger charge is 2.54. The van der Waals surface area contributed by atoms with E-state index in [0.29, 0.717) is 37.1 Å². The molecule has 2 bridgehead atoms. The minimum Gasteiger partial charge on any atom is -0.378 e. The quantitative estimate of drug-likeness (QED) is 0.636. The number of benzene rings is 2. The molecule has 1 saturated heterocycles. The average molecular weight is 460 g/mol. The molecule has 168 valence electrons. The normalized spacial score (nSPS) is 25.3. The number of aromatic nitrogens is 1. The van der Waals surface area contributed by atoms with Gasteiger partial charge in [-0.3, -0.25) is 9.59 Å². The van der Waals surface area contributed by atoms with Crippen LogP contribution in [0.1, 0.15) is 57.9 Å². The lowest BCUT2D eigenvalue weighted by molar-refractivity contribution is -0.126. The van der Waals surface area contributed by atoms with Gasteiger partial charge >= 0.3 is 0 Å². The number of morpholine rings is 1. The second-order valence-corrected chi connectivity index (χ2v) is 10.1. The molecule has 2 amide bonds. The van der Waals surface area contributed by atoms with E-state index in [-0.39, 0.29) is 23.7 Å². The molecule has 0 spiro atoms. The Labute approximate surface area is 196 Å². The molecule has 2 heterocycles. The lowest BCUT2D eigenvalue weighted by Gasteiger charge is -2.50. The van der Waals surface area contributed by atoms with Crippen LogP contribution in [-0.2, 0) is 9.53 Å². The first-order chi connectivity index (χ1) is 16.1. The van der Waals surface area contributed by atoms with Crippen molar-refractivity contribution in [3.63, 3.8) is 0 Å². The van der Waals surface area contributed by atoms with Crippen molar-refractivity contribution < 1.29 is 14.3 Å². The van der Waals surface area contributed by atoms with Gasteiger partial charge in [0, 0.05) is 30.3 Å². The third-order valence-electron chi connectivity index (χ3n) is 7.39. The van der Waals surface area contributed by atoms with Gasteiger partial charge in [0.25, 0.3) is 5.91 Å². The summed E-state index contributed by atoms with van der Waals surface area (Å²) in [6.45, 7) is 4.29. The van der Waals surface area contributed by atoms with Crippen LogP contribution in [0.3, 0.4) is 0 Å². The summed E-state index contributed by atoms with van der Waals surface area (Å²) in [6, 6.07) is 17.0. The number of hydrogen-bond acceptors (Lipinski definition) is 5. The number of amides is 2. The van der Waals surface area contributed by atoms with Crippen molar-refractivity contribution >= 4 is 28.3 Å². The molecule has 1 fully saturated rings. The van der Waals surface area contributed by atoms with E-state index in [1.807, 2.05) is 0 Å². The zero-order valence-corrected chi connectivity index (χ0v) is 19.2. The monoisotopic (exact) mass is 459 g/mol. The molecule has 0 saturated carbocycles. The van der Waals surface area contributed by atoms with Gasteiger partial charge in [0.05, 0.1) is 18.6 Å². The third-order valence-corrected chi connectivity index (χ3v) is 8.15. The molecule has 1 unspecified atom stereocenters. The lowest BCUT2D eigenvalue weighted by atomic mass is 9.52. The van der Waals surface area contributed by atoms with Crippen molar-refractivity contribution in [2.45, 2.75) is 25.2 Å². The summed E-state index contributed by atoms with van der Waals surface area (Å²) >= 11 is 1.30. The first kappa shape index (κ1) is 20.6. The summed E-state index contributed by atoms with van der Waals surface area (Å²) in [5.74, 6) is 0.0410. The van der Waals surface area contributed by atoms with E-state index in [2.05, 4.69) is 65.8 Å². The number of carbonyl (C=O) groups excluding carboxylic acids is 2. The standard InChI is InChI=1S/C26H25N3O3S/c1-26(24(31)28-25-27-21(15-33-25)23(30)29-10-12-32-13-11-29)14-20-16-6-2-4-8-18(16)22(26)19-9-5-3-7-17(19)20/h2-9,15,20,22H,10-14H2,1H3,(H,27,28,31). The minimum absolute atomic E-state index is 0.00989. The largest absolute Gasteiger partial charge is 0.378 e. The van der Waals surface area contributed by atoms with Crippen molar-refractivity contribution in [3.05, 3.63) is 81.9 Å². The molecule has 6 nitrogen and oxygen atoms in total. The SMILES string of the molecule is CC1(C(=O)Nc2nc(C(=O)N3CCOCC3)cs2)CC2c3ccccc3C1c1ccccc12. The van der Waals surface area contributed by atoms with Crippen molar-refractivity contribution in [3.8, 4) is 0 Å².